The van der Waals surface area contributed by atoms with E-state index in [0.29, 0.717) is 12.1 Å². The number of benzene rings is 3. The van der Waals surface area contributed by atoms with E-state index in [2.05, 4.69) is 0 Å². The molecule has 10 heteroatoms. The molecule has 162 valence electrons. The van der Waals surface area contributed by atoms with Crippen LogP contribution in [-0.4, -0.2) is 32.5 Å². The maximum Gasteiger partial charge on any atom is 0.457 e. The maximum atomic E-state index is 16.4. The quantitative estimate of drug-likeness (QED) is 0.294. The molecule has 0 spiro atoms. The first-order valence-corrected chi connectivity index (χ1v) is 8.67. The molecule has 4 rings (SSSR count). The minimum atomic E-state index is -6.38. The second-order valence-corrected chi connectivity index (χ2v) is 7.04. The van der Waals surface area contributed by atoms with E-state index in [4.69, 9.17) is 0 Å². The summed E-state index contributed by atoms with van der Waals surface area (Å²) in [5.74, 6) is -8.96. The molecule has 1 aliphatic carbocycles. The van der Waals surface area contributed by atoms with Crippen LogP contribution >= 0.6 is 0 Å². The zero-order valence-electron chi connectivity index (χ0n) is 15.2. The lowest BCUT2D eigenvalue weighted by Gasteiger charge is -2.36. The summed E-state index contributed by atoms with van der Waals surface area (Å²) in [5.41, 5.74) is -9.31. The van der Waals surface area contributed by atoms with Crippen LogP contribution in [0.25, 0.3) is 22.3 Å². The molecule has 3 aromatic carbocycles. The molecule has 0 amide bonds. The monoisotopic (exact) mass is 442 g/mol. The van der Waals surface area contributed by atoms with Gasteiger partial charge in [0.15, 0.2) is 0 Å². The number of phenolic OH excluding ortho intramolecular Hbond substituents is 4. The molecule has 0 radical (unpaired) electrons. The number of phenols is 4. The fourth-order valence-corrected chi connectivity index (χ4v) is 3.88. The van der Waals surface area contributed by atoms with Crippen molar-refractivity contribution in [3.63, 3.8) is 0 Å². The van der Waals surface area contributed by atoms with Gasteiger partial charge in [0.05, 0.1) is 0 Å². The van der Waals surface area contributed by atoms with Crippen LogP contribution in [0.2, 0.25) is 0 Å². The molecule has 0 heterocycles. The predicted molar refractivity (Wildman–Crippen MR) is 96.9 cm³/mol. The van der Waals surface area contributed by atoms with Crippen LogP contribution in [0.5, 0.6) is 23.0 Å². The van der Waals surface area contributed by atoms with Crippen molar-refractivity contribution in [3.05, 3.63) is 59.7 Å². The highest BCUT2D eigenvalue weighted by Gasteiger charge is 2.74. The van der Waals surface area contributed by atoms with Crippen molar-refractivity contribution in [2.45, 2.75) is 17.8 Å². The summed E-state index contributed by atoms with van der Waals surface area (Å²) in [6.07, 6.45) is -6.38. The molecule has 3 aromatic rings. The molecule has 1 aliphatic rings. The van der Waals surface area contributed by atoms with Crippen LogP contribution in [0.15, 0.2) is 48.5 Å². The van der Waals surface area contributed by atoms with Crippen LogP contribution < -0.4 is 0 Å². The topological polar surface area (TPSA) is 80.9 Å². The zero-order chi connectivity index (χ0) is 22.9. The highest BCUT2D eigenvalue weighted by molar-refractivity contribution is 5.96. The normalized spacial score (nSPS) is 14.9. The third kappa shape index (κ3) is 2.63. The first-order valence-electron chi connectivity index (χ1n) is 8.67. The number of hydrogen-bond acceptors (Lipinski definition) is 4. The van der Waals surface area contributed by atoms with E-state index in [1.54, 1.807) is 0 Å². The van der Waals surface area contributed by atoms with Crippen molar-refractivity contribution in [1.29, 1.82) is 0 Å². The van der Waals surface area contributed by atoms with Gasteiger partial charge >= 0.3 is 12.1 Å². The Bertz CT molecular complexity index is 1140. The third-order valence-electron chi connectivity index (χ3n) is 5.24. The SMILES string of the molecule is Oc1ccc2c(c1)C(F)(C(F)(F)C(F)(F)F)c1cc(O)ccc1-c1c(O)ccc(O)c1-2. The van der Waals surface area contributed by atoms with E-state index in [1.807, 2.05) is 0 Å². The van der Waals surface area contributed by atoms with E-state index in [-0.39, 0.29) is 0 Å². The Morgan fingerprint density at radius 3 is 1.35 bits per heavy atom. The second-order valence-electron chi connectivity index (χ2n) is 7.04. The van der Waals surface area contributed by atoms with Crippen LogP contribution in [0.4, 0.5) is 26.3 Å². The third-order valence-corrected chi connectivity index (χ3v) is 5.24. The predicted octanol–water partition coefficient (Wildman–Crippen LogP) is 5.57. The average Bonchev–Trinajstić information content (AvgIpc) is 2.77. The molecule has 0 aliphatic heterocycles. The average molecular weight is 442 g/mol. The van der Waals surface area contributed by atoms with Gasteiger partial charge in [0.2, 0.25) is 5.67 Å². The van der Waals surface area contributed by atoms with E-state index in [9.17, 15) is 42.4 Å². The Balaban J connectivity index is 2.32. The molecule has 0 saturated heterocycles. The summed E-state index contributed by atoms with van der Waals surface area (Å²) in [6.45, 7) is 0. The second kappa shape index (κ2) is 6.22. The van der Waals surface area contributed by atoms with Crippen LogP contribution in [0.3, 0.4) is 0 Å². The van der Waals surface area contributed by atoms with Gasteiger partial charge in [0.1, 0.15) is 23.0 Å². The van der Waals surface area contributed by atoms with Crippen molar-refractivity contribution >= 4 is 0 Å². The van der Waals surface area contributed by atoms with Crippen LogP contribution in [0, 0.1) is 0 Å². The molecular weight excluding hydrogens is 430 g/mol. The molecule has 0 unspecified atom stereocenters. The molecule has 0 bridgehead atoms. The largest absolute Gasteiger partial charge is 0.508 e. The minimum absolute atomic E-state index is 0.390. The van der Waals surface area contributed by atoms with Gasteiger partial charge in [-0.2, -0.15) is 22.0 Å². The smallest absolute Gasteiger partial charge is 0.457 e. The standard InChI is InChI=1S/C21H12F6O4/c22-19(20(23,24)21(25,26)27)13-7-9(28)1-3-11(13)17-15(30)5-6-16(31)18(17)12-4-2-10(29)8-14(12)19/h1-8,28-31H. The van der Waals surface area contributed by atoms with E-state index < -0.39 is 74.1 Å². The van der Waals surface area contributed by atoms with E-state index >= 15 is 4.39 Å². The molecule has 0 fully saturated rings. The highest BCUT2D eigenvalue weighted by atomic mass is 19.4. The first-order chi connectivity index (χ1) is 14.3. The lowest BCUT2D eigenvalue weighted by Crippen LogP contribution is -2.53. The summed E-state index contributed by atoms with van der Waals surface area (Å²) in [4.78, 5) is 0. The van der Waals surface area contributed by atoms with Gasteiger partial charge in [-0.15, -0.1) is 0 Å². The van der Waals surface area contributed by atoms with Crippen molar-refractivity contribution < 1.29 is 46.8 Å². The maximum absolute atomic E-state index is 16.4. The fourth-order valence-electron chi connectivity index (χ4n) is 3.88. The van der Waals surface area contributed by atoms with Gasteiger partial charge in [-0.1, -0.05) is 12.1 Å². The van der Waals surface area contributed by atoms with E-state index in [1.165, 1.54) is 0 Å². The summed E-state index contributed by atoms with van der Waals surface area (Å²) in [7, 11) is 0. The van der Waals surface area contributed by atoms with Gasteiger partial charge in [-0.3, -0.25) is 0 Å². The lowest BCUT2D eigenvalue weighted by atomic mass is 9.79. The van der Waals surface area contributed by atoms with Crippen molar-refractivity contribution in [3.8, 4) is 45.3 Å². The number of aromatic hydroxyl groups is 4. The van der Waals surface area contributed by atoms with Crippen molar-refractivity contribution in [2.24, 2.45) is 0 Å². The Morgan fingerprint density at radius 1 is 0.613 bits per heavy atom. The lowest BCUT2D eigenvalue weighted by molar-refractivity contribution is -0.322. The molecule has 4 nitrogen and oxygen atoms in total. The van der Waals surface area contributed by atoms with Gasteiger partial charge in [0.25, 0.3) is 0 Å². The molecule has 31 heavy (non-hydrogen) atoms. The van der Waals surface area contributed by atoms with Gasteiger partial charge < -0.3 is 20.4 Å². The Labute approximate surface area is 170 Å². The molecule has 0 atom stereocenters. The number of alkyl halides is 6. The number of rotatable bonds is 1. The summed E-state index contributed by atoms with van der Waals surface area (Å²) >= 11 is 0. The summed E-state index contributed by atoms with van der Waals surface area (Å²) in [6, 6.07) is 6.22. The van der Waals surface area contributed by atoms with Gasteiger partial charge in [0, 0.05) is 22.3 Å². The fraction of sp³-hybridized carbons (Fsp3) is 0.143. The molecule has 4 N–H and O–H groups in total. The van der Waals surface area contributed by atoms with Gasteiger partial charge in [-0.25, -0.2) is 4.39 Å². The molecule has 0 saturated carbocycles. The Kier molecular flexibility index (Phi) is 4.16. The number of halogens is 6. The van der Waals surface area contributed by atoms with Crippen LogP contribution in [0.1, 0.15) is 11.1 Å². The zero-order valence-corrected chi connectivity index (χ0v) is 15.2. The summed E-state index contributed by atoms with van der Waals surface area (Å²) < 4.78 is 86.5. The minimum Gasteiger partial charge on any atom is -0.508 e. The Morgan fingerprint density at radius 2 is 1.00 bits per heavy atom. The van der Waals surface area contributed by atoms with E-state index in [0.717, 1.165) is 36.4 Å². The highest BCUT2D eigenvalue weighted by Crippen LogP contribution is 2.62. The van der Waals surface area contributed by atoms with Crippen molar-refractivity contribution in [2.75, 3.05) is 0 Å². The number of hydrogen-bond donors (Lipinski definition) is 4. The van der Waals surface area contributed by atoms with Crippen molar-refractivity contribution in [1.82, 2.24) is 0 Å². The summed E-state index contributed by atoms with van der Waals surface area (Å²) in [5, 5.41) is 40.4. The molecular formula is C21H12F6O4. The molecule has 0 aromatic heterocycles. The Hall–Kier alpha value is -3.56. The first kappa shape index (κ1) is 20.7. The number of fused-ring (bicyclic) bond motifs is 5. The van der Waals surface area contributed by atoms with Gasteiger partial charge in [-0.05, 0) is 47.5 Å². The van der Waals surface area contributed by atoms with Crippen LogP contribution in [-0.2, 0) is 5.67 Å².